The zero-order valence-electron chi connectivity index (χ0n) is 9.74. The molecule has 1 N–H and O–H groups in total. The van der Waals surface area contributed by atoms with Crippen molar-refractivity contribution in [3.8, 4) is 0 Å². The Morgan fingerprint density at radius 1 is 1.11 bits per heavy atom. The molecule has 1 aromatic rings. The molecule has 5 nitrogen and oxygen atoms in total. The third kappa shape index (κ3) is 2.62. The van der Waals surface area contributed by atoms with Crippen molar-refractivity contribution in [2.24, 2.45) is 0 Å². The van der Waals surface area contributed by atoms with Gasteiger partial charge in [-0.15, -0.1) is 0 Å². The number of imide groups is 1. The van der Waals surface area contributed by atoms with E-state index in [0.29, 0.717) is 0 Å². The fourth-order valence-corrected chi connectivity index (χ4v) is 2.21. The van der Waals surface area contributed by atoms with Crippen LogP contribution in [-0.4, -0.2) is 17.7 Å². The van der Waals surface area contributed by atoms with Crippen molar-refractivity contribution in [2.75, 3.05) is 10.2 Å². The van der Waals surface area contributed by atoms with Gasteiger partial charge in [0.15, 0.2) is 0 Å². The normalized spacial score (nSPS) is 14.2. The molecule has 7 heteroatoms. The van der Waals surface area contributed by atoms with E-state index >= 15 is 0 Å². The van der Waals surface area contributed by atoms with Gasteiger partial charge in [0.25, 0.3) is 11.8 Å². The summed E-state index contributed by atoms with van der Waals surface area (Å²) in [6.45, 7) is 1.32. The van der Waals surface area contributed by atoms with E-state index in [4.69, 9.17) is 23.2 Å². The molecule has 0 radical (unpaired) electrons. The van der Waals surface area contributed by atoms with Gasteiger partial charge in [0.2, 0.25) is 5.91 Å². The third-order valence-electron chi connectivity index (χ3n) is 2.40. The summed E-state index contributed by atoms with van der Waals surface area (Å²) >= 11 is 12.0. The van der Waals surface area contributed by atoms with E-state index in [-0.39, 0.29) is 27.3 Å². The fraction of sp³-hybridized carbons (Fsp3) is 0.0833. The van der Waals surface area contributed by atoms with E-state index in [1.165, 1.54) is 19.1 Å². The minimum Gasteiger partial charge on any atom is -0.324 e. The van der Waals surface area contributed by atoms with E-state index in [9.17, 15) is 14.4 Å². The highest BCUT2D eigenvalue weighted by molar-refractivity contribution is 6.41. The number of halogens is 2. The molecular formula is C12H8Cl2N2O3. The van der Waals surface area contributed by atoms with Crippen LogP contribution in [0.25, 0.3) is 0 Å². The van der Waals surface area contributed by atoms with Gasteiger partial charge in [-0.25, -0.2) is 4.90 Å². The monoisotopic (exact) mass is 298 g/mol. The van der Waals surface area contributed by atoms with Gasteiger partial charge in [0.1, 0.15) is 0 Å². The Balaban J connectivity index is 2.43. The van der Waals surface area contributed by atoms with Crippen LogP contribution >= 0.6 is 23.2 Å². The summed E-state index contributed by atoms with van der Waals surface area (Å²) < 4.78 is 0. The first-order chi connectivity index (χ1) is 8.90. The smallest absolute Gasteiger partial charge is 0.258 e. The predicted molar refractivity (Wildman–Crippen MR) is 72.4 cm³/mol. The van der Waals surface area contributed by atoms with Gasteiger partial charge in [-0.1, -0.05) is 23.2 Å². The first-order valence-corrected chi connectivity index (χ1v) is 5.98. The lowest BCUT2D eigenvalue weighted by Crippen LogP contribution is -2.29. The van der Waals surface area contributed by atoms with Gasteiger partial charge >= 0.3 is 0 Å². The molecule has 0 aliphatic carbocycles. The number of carbonyl (C=O) groups excluding carboxylic acids is 3. The maximum absolute atomic E-state index is 11.5. The van der Waals surface area contributed by atoms with Crippen molar-refractivity contribution >= 4 is 52.3 Å². The highest BCUT2D eigenvalue weighted by Crippen LogP contribution is 2.36. The molecule has 0 spiro atoms. The number of nitrogens with one attached hydrogen (secondary N) is 1. The molecule has 0 atom stereocenters. The number of amides is 3. The molecule has 0 bridgehead atoms. The summed E-state index contributed by atoms with van der Waals surface area (Å²) in [4.78, 5) is 35.0. The lowest BCUT2D eigenvalue weighted by molar-refractivity contribution is -0.120. The Labute approximate surface area is 118 Å². The second-order valence-electron chi connectivity index (χ2n) is 3.81. The maximum Gasteiger partial charge on any atom is 0.258 e. The standard InChI is InChI=1S/C12H8Cl2N2O3/c1-6(17)15-12-8(13)4-7(5-9(12)14)16-10(18)2-3-11(16)19/h2-5H,1H3,(H,15,17). The minimum atomic E-state index is -0.468. The zero-order valence-corrected chi connectivity index (χ0v) is 11.2. The zero-order chi connectivity index (χ0) is 14.2. The van der Waals surface area contributed by atoms with E-state index < -0.39 is 11.8 Å². The maximum atomic E-state index is 11.5. The third-order valence-corrected chi connectivity index (χ3v) is 2.99. The summed E-state index contributed by atoms with van der Waals surface area (Å²) in [5, 5.41) is 2.76. The molecule has 98 valence electrons. The number of rotatable bonds is 2. The lowest BCUT2D eigenvalue weighted by atomic mass is 10.2. The highest BCUT2D eigenvalue weighted by atomic mass is 35.5. The van der Waals surface area contributed by atoms with Crippen molar-refractivity contribution < 1.29 is 14.4 Å². The van der Waals surface area contributed by atoms with Crippen molar-refractivity contribution in [3.05, 3.63) is 34.3 Å². The van der Waals surface area contributed by atoms with Gasteiger partial charge in [0.05, 0.1) is 21.4 Å². The van der Waals surface area contributed by atoms with Crippen molar-refractivity contribution in [2.45, 2.75) is 6.92 Å². The average Bonchev–Trinajstić information content (AvgIpc) is 2.63. The molecule has 2 rings (SSSR count). The van der Waals surface area contributed by atoms with Crippen LogP contribution in [-0.2, 0) is 14.4 Å². The van der Waals surface area contributed by atoms with Crippen LogP contribution in [0.15, 0.2) is 24.3 Å². The highest BCUT2D eigenvalue weighted by Gasteiger charge is 2.26. The topological polar surface area (TPSA) is 66.5 Å². The largest absolute Gasteiger partial charge is 0.324 e. The van der Waals surface area contributed by atoms with Crippen LogP contribution in [0.1, 0.15) is 6.92 Å². The van der Waals surface area contributed by atoms with Gasteiger partial charge < -0.3 is 5.32 Å². The van der Waals surface area contributed by atoms with E-state index in [1.54, 1.807) is 0 Å². The first kappa shape index (κ1) is 13.6. The molecule has 0 saturated heterocycles. The molecule has 19 heavy (non-hydrogen) atoms. The van der Waals surface area contributed by atoms with Crippen molar-refractivity contribution in [1.29, 1.82) is 0 Å². The summed E-state index contributed by atoms with van der Waals surface area (Å²) in [6.07, 6.45) is 2.32. The summed E-state index contributed by atoms with van der Waals surface area (Å²) in [5.41, 5.74) is 0.496. The van der Waals surface area contributed by atoms with Gasteiger partial charge in [-0.3, -0.25) is 14.4 Å². The number of benzene rings is 1. The lowest BCUT2D eigenvalue weighted by Gasteiger charge is -2.16. The van der Waals surface area contributed by atoms with E-state index in [2.05, 4.69) is 5.32 Å². The Kier molecular flexibility index (Phi) is 3.59. The van der Waals surface area contributed by atoms with Gasteiger partial charge in [-0.2, -0.15) is 0 Å². The molecule has 0 aromatic heterocycles. The summed E-state index contributed by atoms with van der Waals surface area (Å²) in [5.74, 6) is -1.26. The van der Waals surface area contributed by atoms with E-state index in [0.717, 1.165) is 17.1 Å². The van der Waals surface area contributed by atoms with Gasteiger partial charge in [0, 0.05) is 19.1 Å². The van der Waals surface area contributed by atoms with Crippen molar-refractivity contribution in [1.82, 2.24) is 0 Å². The molecule has 0 fully saturated rings. The van der Waals surface area contributed by atoms with Gasteiger partial charge in [-0.05, 0) is 12.1 Å². The second kappa shape index (κ2) is 5.03. The SMILES string of the molecule is CC(=O)Nc1c(Cl)cc(N2C(=O)C=CC2=O)cc1Cl. The Morgan fingerprint density at radius 2 is 1.58 bits per heavy atom. The number of anilines is 2. The van der Waals surface area contributed by atoms with Crippen molar-refractivity contribution in [3.63, 3.8) is 0 Å². The average molecular weight is 299 g/mol. The molecule has 1 aromatic carbocycles. The van der Waals surface area contributed by atoms with E-state index in [1.807, 2.05) is 0 Å². The first-order valence-electron chi connectivity index (χ1n) is 5.23. The summed E-state index contributed by atoms with van der Waals surface area (Å²) in [6, 6.07) is 2.78. The molecular weight excluding hydrogens is 291 g/mol. The Bertz CT molecular complexity index is 584. The molecule has 3 amide bonds. The van der Waals surface area contributed by atoms with Crippen LogP contribution in [0.2, 0.25) is 10.0 Å². The van der Waals surface area contributed by atoms with Crippen LogP contribution in [0.4, 0.5) is 11.4 Å². The van der Waals surface area contributed by atoms with Crippen LogP contribution in [0.5, 0.6) is 0 Å². The molecule has 1 aliphatic heterocycles. The summed E-state index contributed by atoms with van der Waals surface area (Å²) in [7, 11) is 0. The molecule has 0 unspecified atom stereocenters. The Hall–Kier alpha value is -1.85. The predicted octanol–water partition coefficient (Wildman–Crippen LogP) is 2.38. The number of hydrogen-bond acceptors (Lipinski definition) is 3. The number of nitrogens with zero attached hydrogens (tertiary/aromatic N) is 1. The molecule has 1 aliphatic rings. The minimum absolute atomic E-state index is 0.144. The quantitative estimate of drug-likeness (QED) is 0.853. The number of carbonyl (C=O) groups is 3. The molecule has 0 saturated carbocycles. The van der Waals surface area contributed by atoms with Crippen LogP contribution < -0.4 is 10.2 Å². The Morgan fingerprint density at radius 3 is 2.00 bits per heavy atom. The van der Waals surface area contributed by atoms with Crippen LogP contribution in [0, 0.1) is 0 Å². The fourth-order valence-electron chi connectivity index (χ4n) is 1.64. The number of hydrogen-bond donors (Lipinski definition) is 1. The van der Waals surface area contributed by atoms with Crippen LogP contribution in [0.3, 0.4) is 0 Å². The second-order valence-corrected chi connectivity index (χ2v) is 4.63. The molecule has 1 heterocycles.